The lowest BCUT2D eigenvalue weighted by Gasteiger charge is -2.27. The summed E-state index contributed by atoms with van der Waals surface area (Å²) in [5, 5.41) is 0. The summed E-state index contributed by atoms with van der Waals surface area (Å²) in [6, 6.07) is 19.0. The summed E-state index contributed by atoms with van der Waals surface area (Å²) in [6.07, 6.45) is 4.40. The first-order valence-corrected chi connectivity index (χ1v) is 8.12. The molecule has 2 aliphatic rings. The van der Waals surface area contributed by atoms with Gasteiger partial charge in [0, 0.05) is 5.56 Å². The molecule has 2 aliphatic carbocycles. The van der Waals surface area contributed by atoms with E-state index in [1.807, 2.05) is 0 Å². The van der Waals surface area contributed by atoms with Gasteiger partial charge in [0.2, 0.25) is 0 Å². The fourth-order valence-electron chi connectivity index (χ4n) is 4.24. The van der Waals surface area contributed by atoms with Crippen molar-refractivity contribution in [2.45, 2.75) is 32.3 Å². The maximum atomic E-state index is 6.44. The minimum absolute atomic E-state index is 0.427. The highest BCUT2D eigenvalue weighted by molar-refractivity contribution is 5.70. The van der Waals surface area contributed by atoms with Crippen LogP contribution >= 0.6 is 0 Å². The lowest BCUT2D eigenvalue weighted by Crippen LogP contribution is -2.26. The minimum atomic E-state index is 0.427. The van der Waals surface area contributed by atoms with Crippen LogP contribution in [0, 0.1) is 17.8 Å². The van der Waals surface area contributed by atoms with Crippen molar-refractivity contribution in [2.75, 3.05) is 0 Å². The first-order chi connectivity index (χ1) is 10.3. The van der Waals surface area contributed by atoms with E-state index in [9.17, 15) is 0 Å². The summed E-state index contributed by atoms with van der Waals surface area (Å²) >= 11 is 0. The number of ether oxygens (including phenoxy) is 1. The molecule has 0 amide bonds. The third-order valence-corrected chi connectivity index (χ3v) is 5.40. The fourth-order valence-corrected chi connectivity index (χ4v) is 4.24. The molecule has 108 valence electrons. The Kier molecular flexibility index (Phi) is 3.21. The van der Waals surface area contributed by atoms with Crippen molar-refractivity contribution < 1.29 is 4.74 Å². The molecule has 0 heterocycles. The number of para-hydroxylation sites is 1. The third-order valence-electron chi connectivity index (χ3n) is 5.40. The topological polar surface area (TPSA) is 9.23 Å². The Balaban J connectivity index is 1.59. The molecule has 2 fully saturated rings. The van der Waals surface area contributed by atoms with Crippen molar-refractivity contribution in [2.24, 2.45) is 17.8 Å². The molecule has 0 N–H and O–H groups in total. The monoisotopic (exact) mass is 278 g/mol. The van der Waals surface area contributed by atoms with Crippen LogP contribution in [0.3, 0.4) is 0 Å². The number of hydrogen-bond donors (Lipinski definition) is 0. The second-order valence-corrected chi connectivity index (χ2v) is 6.72. The van der Waals surface area contributed by atoms with Gasteiger partial charge in [-0.3, -0.25) is 0 Å². The van der Waals surface area contributed by atoms with Crippen molar-refractivity contribution in [1.82, 2.24) is 0 Å². The minimum Gasteiger partial charge on any atom is -0.489 e. The maximum absolute atomic E-state index is 6.44. The summed E-state index contributed by atoms with van der Waals surface area (Å²) in [4.78, 5) is 0. The van der Waals surface area contributed by atoms with Crippen molar-refractivity contribution in [1.29, 1.82) is 0 Å². The Morgan fingerprint density at radius 3 is 2.29 bits per heavy atom. The second kappa shape index (κ2) is 5.22. The van der Waals surface area contributed by atoms with Crippen molar-refractivity contribution in [3.63, 3.8) is 0 Å². The van der Waals surface area contributed by atoms with Crippen LogP contribution < -0.4 is 4.74 Å². The Hall–Kier alpha value is -1.76. The standard InChI is InChI=1S/C20H22O/c1-14-11-17-12-16(14)13-20(17)21-19-10-6-5-9-18(19)15-7-3-2-4-8-15/h2-10,14,16-17,20H,11-13H2,1H3. The van der Waals surface area contributed by atoms with Crippen molar-refractivity contribution >= 4 is 0 Å². The van der Waals surface area contributed by atoms with E-state index in [0.717, 1.165) is 23.5 Å². The number of fused-ring (bicyclic) bond motifs is 2. The van der Waals surface area contributed by atoms with E-state index in [1.54, 1.807) is 0 Å². The zero-order valence-electron chi connectivity index (χ0n) is 12.5. The summed E-state index contributed by atoms with van der Waals surface area (Å²) in [5.41, 5.74) is 2.46. The van der Waals surface area contributed by atoms with Crippen molar-refractivity contribution in [3.8, 4) is 16.9 Å². The van der Waals surface area contributed by atoms with Gasteiger partial charge in [0.05, 0.1) is 0 Å². The molecule has 0 radical (unpaired) electrons. The maximum Gasteiger partial charge on any atom is 0.127 e. The number of rotatable bonds is 3. The highest BCUT2D eigenvalue weighted by Gasteiger charge is 2.45. The molecule has 2 aromatic carbocycles. The van der Waals surface area contributed by atoms with Crippen LogP contribution in [-0.4, -0.2) is 6.10 Å². The van der Waals surface area contributed by atoms with Gasteiger partial charge in [-0.05, 0) is 48.6 Å². The quantitative estimate of drug-likeness (QED) is 0.753. The van der Waals surface area contributed by atoms with Crippen LogP contribution in [-0.2, 0) is 0 Å². The van der Waals surface area contributed by atoms with Gasteiger partial charge >= 0.3 is 0 Å². The molecule has 0 spiro atoms. The second-order valence-electron chi connectivity index (χ2n) is 6.72. The van der Waals surface area contributed by atoms with Crippen LogP contribution in [0.1, 0.15) is 26.2 Å². The molecule has 0 aliphatic heterocycles. The third kappa shape index (κ3) is 2.35. The normalized spacial score (nSPS) is 30.5. The van der Waals surface area contributed by atoms with E-state index < -0.39 is 0 Å². The number of hydrogen-bond acceptors (Lipinski definition) is 1. The highest BCUT2D eigenvalue weighted by Crippen LogP contribution is 2.50. The van der Waals surface area contributed by atoms with Gasteiger partial charge in [-0.1, -0.05) is 55.5 Å². The molecule has 4 rings (SSSR count). The molecule has 2 saturated carbocycles. The van der Waals surface area contributed by atoms with Crippen LogP contribution in [0.4, 0.5) is 0 Å². The van der Waals surface area contributed by atoms with Gasteiger partial charge in [-0.25, -0.2) is 0 Å². The lowest BCUT2D eigenvalue weighted by atomic mass is 9.89. The van der Waals surface area contributed by atoms with E-state index >= 15 is 0 Å². The average Bonchev–Trinajstić information content (AvgIpc) is 3.08. The molecule has 21 heavy (non-hydrogen) atoms. The average molecular weight is 278 g/mol. The summed E-state index contributed by atoms with van der Waals surface area (Å²) in [6.45, 7) is 2.40. The zero-order valence-corrected chi connectivity index (χ0v) is 12.5. The van der Waals surface area contributed by atoms with E-state index in [0.29, 0.717) is 6.10 Å². The molecule has 0 aromatic heterocycles. The van der Waals surface area contributed by atoms with Gasteiger partial charge < -0.3 is 4.74 Å². The SMILES string of the molecule is CC1CC2CC1CC2Oc1ccccc1-c1ccccc1. The molecule has 2 aromatic rings. The Morgan fingerprint density at radius 1 is 0.810 bits per heavy atom. The van der Waals surface area contributed by atoms with E-state index in [-0.39, 0.29) is 0 Å². The first-order valence-electron chi connectivity index (χ1n) is 8.12. The molecule has 2 bridgehead atoms. The van der Waals surface area contributed by atoms with Gasteiger partial charge in [-0.2, -0.15) is 0 Å². The molecule has 0 saturated heterocycles. The molecular weight excluding hydrogens is 256 g/mol. The van der Waals surface area contributed by atoms with Crippen LogP contribution in [0.15, 0.2) is 54.6 Å². The zero-order chi connectivity index (χ0) is 14.2. The Labute approximate surface area is 127 Å². The van der Waals surface area contributed by atoms with Crippen LogP contribution in [0.2, 0.25) is 0 Å². The van der Waals surface area contributed by atoms with Gasteiger partial charge in [0.15, 0.2) is 0 Å². The predicted molar refractivity (Wildman–Crippen MR) is 86.3 cm³/mol. The summed E-state index contributed by atoms with van der Waals surface area (Å²) in [5.74, 6) is 3.62. The summed E-state index contributed by atoms with van der Waals surface area (Å²) < 4.78 is 6.44. The Morgan fingerprint density at radius 2 is 1.57 bits per heavy atom. The molecule has 1 heteroatoms. The van der Waals surface area contributed by atoms with Gasteiger partial charge in [-0.15, -0.1) is 0 Å². The molecule has 4 unspecified atom stereocenters. The predicted octanol–water partition coefficient (Wildman–Crippen LogP) is 5.17. The van der Waals surface area contributed by atoms with Crippen molar-refractivity contribution in [3.05, 3.63) is 54.6 Å². The first kappa shape index (κ1) is 12.9. The highest BCUT2D eigenvalue weighted by atomic mass is 16.5. The lowest BCUT2D eigenvalue weighted by molar-refractivity contribution is 0.122. The van der Waals surface area contributed by atoms with Gasteiger partial charge in [0.25, 0.3) is 0 Å². The van der Waals surface area contributed by atoms with E-state index in [1.165, 1.54) is 30.4 Å². The van der Waals surface area contributed by atoms with E-state index in [4.69, 9.17) is 4.74 Å². The van der Waals surface area contributed by atoms with Gasteiger partial charge in [0.1, 0.15) is 11.9 Å². The summed E-state index contributed by atoms with van der Waals surface area (Å²) in [7, 11) is 0. The molecular formula is C20H22O. The van der Waals surface area contributed by atoms with Crippen LogP contribution in [0.25, 0.3) is 11.1 Å². The molecule has 1 nitrogen and oxygen atoms in total. The fraction of sp³-hybridized carbons (Fsp3) is 0.400. The smallest absolute Gasteiger partial charge is 0.127 e. The van der Waals surface area contributed by atoms with Crippen LogP contribution in [0.5, 0.6) is 5.75 Å². The Bertz CT molecular complexity index is 617. The molecule has 4 atom stereocenters. The largest absolute Gasteiger partial charge is 0.489 e. The number of benzene rings is 2. The van der Waals surface area contributed by atoms with E-state index in [2.05, 4.69) is 61.5 Å².